The second-order valence-electron chi connectivity index (χ2n) is 6.29. The van der Waals surface area contributed by atoms with E-state index in [2.05, 4.69) is 70.5 Å². The van der Waals surface area contributed by atoms with Crippen molar-refractivity contribution in [1.82, 2.24) is 0 Å². The first-order chi connectivity index (χ1) is 10.3. The molecule has 0 bridgehead atoms. The van der Waals surface area contributed by atoms with Crippen molar-refractivity contribution in [2.45, 2.75) is 80.3 Å². The summed E-state index contributed by atoms with van der Waals surface area (Å²) in [5, 5.41) is 0. The van der Waals surface area contributed by atoms with E-state index < -0.39 is 0 Å². The van der Waals surface area contributed by atoms with Crippen molar-refractivity contribution in [3.05, 3.63) is 35.4 Å². The van der Waals surface area contributed by atoms with Crippen LogP contribution in [0.25, 0.3) is 0 Å². The quantitative estimate of drug-likeness (QED) is 0.624. The Balaban J connectivity index is 0. The molecule has 0 radical (unpaired) electrons. The molecule has 2 heteroatoms. The molecule has 1 rings (SSSR count). The summed E-state index contributed by atoms with van der Waals surface area (Å²) in [6, 6.07) is 8.68. The second kappa shape index (κ2) is 14.6. The van der Waals surface area contributed by atoms with Gasteiger partial charge in [-0.3, -0.25) is 4.79 Å². The van der Waals surface area contributed by atoms with E-state index in [4.69, 9.17) is 0 Å². The van der Waals surface area contributed by atoms with Gasteiger partial charge in [0.2, 0.25) is 0 Å². The van der Waals surface area contributed by atoms with Gasteiger partial charge in [0.05, 0.1) is 6.10 Å². The maximum Gasteiger partial charge on any atom is 0.293 e. The molecule has 0 aromatic heterocycles. The normalized spacial score (nSPS) is 9.77. The number of hydrogen-bond acceptors (Lipinski definition) is 2. The first-order valence-corrected chi connectivity index (χ1v) is 8.46. The molecule has 0 fully saturated rings. The zero-order chi connectivity index (χ0) is 17.5. The molecule has 0 unspecified atom stereocenters. The van der Waals surface area contributed by atoms with Crippen LogP contribution in [0.1, 0.15) is 78.9 Å². The highest BCUT2D eigenvalue weighted by Crippen LogP contribution is 2.18. The smallest absolute Gasteiger partial charge is 0.293 e. The first kappa shape index (κ1) is 23.0. The van der Waals surface area contributed by atoms with Gasteiger partial charge in [-0.25, -0.2) is 0 Å². The number of hydrogen-bond donors (Lipinski definition) is 0. The molecule has 2 nitrogen and oxygen atoms in total. The van der Waals surface area contributed by atoms with Crippen LogP contribution in [0, 0.1) is 5.92 Å². The van der Waals surface area contributed by atoms with Gasteiger partial charge >= 0.3 is 0 Å². The third kappa shape index (κ3) is 13.7. The summed E-state index contributed by atoms with van der Waals surface area (Å²) in [5.41, 5.74) is 2.98. The zero-order valence-corrected chi connectivity index (χ0v) is 15.8. The Morgan fingerprint density at radius 3 is 1.73 bits per heavy atom. The van der Waals surface area contributed by atoms with Gasteiger partial charge in [-0.05, 0) is 43.2 Å². The molecular formula is C20H36O2. The topological polar surface area (TPSA) is 26.3 Å². The fourth-order valence-corrected chi connectivity index (χ4v) is 1.53. The van der Waals surface area contributed by atoms with E-state index in [1.54, 1.807) is 13.8 Å². The predicted molar refractivity (Wildman–Crippen MR) is 97.3 cm³/mol. The van der Waals surface area contributed by atoms with Crippen LogP contribution >= 0.6 is 0 Å². The molecule has 0 atom stereocenters. The lowest BCUT2D eigenvalue weighted by molar-refractivity contribution is -0.131. The minimum atomic E-state index is 0.0301. The SMILES string of the molecule is CC(C)OC=O.CCC(C)C.CCc1ccccc1C(C)C. The highest BCUT2D eigenvalue weighted by atomic mass is 16.5. The zero-order valence-electron chi connectivity index (χ0n) is 15.8. The van der Waals surface area contributed by atoms with Crippen molar-refractivity contribution in [3.8, 4) is 0 Å². The van der Waals surface area contributed by atoms with E-state index in [0.717, 1.165) is 12.3 Å². The molecule has 0 heterocycles. The fraction of sp³-hybridized carbons (Fsp3) is 0.650. The maximum absolute atomic E-state index is 9.39. The maximum atomic E-state index is 9.39. The van der Waals surface area contributed by atoms with Crippen LogP contribution in [0.5, 0.6) is 0 Å². The largest absolute Gasteiger partial charge is 0.465 e. The summed E-state index contributed by atoms with van der Waals surface area (Å²) in [5.74, 6) is 1.54. The second-order valence-corrected chi connectivity index (χ2v) is 6.29. The van der Waals surface area contributed by atoms with Gasteiger partial charge in [-0.2, -0.15) is 0 Å². The van der Waals surface area contributed by atoms with Gasteiger partial charge in [-0.1, -0.05) is 72.2 Å². The summed E-state index contributed by atoms with van der Waals surface area (Å²) < 4.78 is 4.36. The lowest BCUT2D eigenvalue weighted by Crippen LogP contribution is -1.98. The fourth-order valence-electron chi connectivity index (χ4n) is 1.53. The van der Waals surface area contributed by atoms with Gasteiger partial charge in [-0.15, -0.1) is 0 Å². The van der Waals surface area contributed by atoms with Crippen LogP contribution in [-0.4, -0.2) is 12.6 Å². The molecule has 0 amide bonds. The molecule has 0 aliphatic carbocycles. The number of rotatable bonds is 5. The lowest BCUT2D eigenvalue weighted by atomic mass is 9.96. The highest BCUT2D eigenvalue weighted by Gasteiger charge is 2.02. The third-order valence-electron chi connectivity index (χ3n) is 3.20. The van der Waals surface area contributed by atoms with E-state index >= 15 is 0 Å². The van der Waals surface area contributed by atoms with Crippen molar-refractivity contribution < 1.29 is 9.53 Å². The van der Waals surface area contributed by atoms with E-state index in [1.807, 2.05) is 0 Å². The highest BCUT2D eigenvalue weighted by molar-refractivity contribution is 5.37. The Morgan fingerprint density at radius 2 is 1.50 bits per heavy atom. The van der Waals surface area contributed by atoms with E-state index in [-0.39, 0.29) is 6.10 Å². The van der Waals surface area contributed by atoms with Gasteiger partial charge < -0.3 is 4.74 Å². The summed E-state index contributed by atoms with van der Waals surface area (Å²) in [6.07, 6.45) is 2.48. The van der Waals surface area contributed by atoms with Crippen molar-refractivity contribution in [2.75, 3.05) is 0 Å². The molecule has 0 saturated carbocycles. The summed E-state index contributed by atoms with van der Waals surface area (Å²) in [7, 11) is 0. The number of benzene rings is 1. The molecule has 1 aromatic carbocycles. The van der Waals surface area contributed by atoms with Crippen LogP contribution in [0.4, 0.5) is 0 Å². The molecular weight excluding hydrogens is 272 g/mol. The molecule has 1 aromatic rings. The monoisotopic (exact) mass is 308 g/mol. The number of aryl methyl sites for hydroxylation is 1. The minimum absolute atomic E-state index is 0.0301. The lowest BCUT2D eigenvalue weighted by Gasteiger charge is -2.09. The summed E-state index contributed by atoms with van der Waals surface area (Å²) in [4.78, 5) is 9.39. The Bertz CT molecular complexity index is 368. The Morgan fingerprint density at radius 1 is 1.00 bits per heavy atom. The Hall–Kier alpha value is -1.31. The summed E-state index contributed by atoms with van der Waals surface area (Å²) >= 11 is 0. The Labute approximate surface area is 138 Å². The Kier molecular flexibility index (Phi) is 15.3. The van der Waals surface area contributed by atoms with Crippen molar-refractivity contribution in [2.24, 2.45) is 5.92 Å². The predicted octanol–water partition coefficient (Wildman–Crippen LogP) is 5.99. The standard InChI is InChI=1S/C11H16.C5H12.C4H8O2/c1-4-10-7-5-6-8-11(10)9(2)3;1-4-5(2)3;1-4(2)6-3-5/h5-9H,4H2,1-3H3;5H,4H2,1-3H3;3-4H,1-2H3. The van der Waals surface area contributed by atoms with Crippen molar-refractivity contribution in [3.63, 3.8) is 0 Å². The molecule has 128 valence electrons. The first-order valence-electron chi connectivity index (χ1n) is 8.46. The van der Waals surface area contributed by atoms with Gasteiger partial charge in [0.15, 0.2) is 0 Å². The van der Waals surface area contributed by atoms with Crippen LogP contribution in [0.2, 0.25) is 0 Å². The molecule has 0 N–H and O–H groups in total. The summed E-state index contributed by atoms with van der Waals surface area (Å²) in [6.45, 7) is 17.4. The molecule has 0 spiro atoms. The minimum Gasteiger partial charge on any atom is -0.465 e. The number of ether oxygens (including phenoxy) is 1. The van der Waals surface area contributed by atoms with Crippen molar-refractivity contribution in [1.29, 1.82) is 0 Å². The number of carbonyl (C=O) groups excluding carboxylic acids is 1. The number of carbonyl (C=O) groups is 1. The van der Waals surface area contributed by atoms with Gasteiger partial charge in [0.25, 0.3) is 6.47 Å². The van der Waals surface area contributed by atoms with E-state index in [1.165, 1.54) is 17.5 Å². The van der Waals surface area contributed by atoms with Crippen molar-refractivity contribution >= 4 is 6.47 Å². The van der Waals surface area contributed by atoms with Crippen LogP contribution in [0.3, 0.4) is 0 Å². The van der Waals surface area contributed by atoms with Crippen LogP contribution in [-0.2, 0) is 16.0 Å². The van der Waals surface area contributed by atoms with Crippen LogP contribution in [0.15, 0.2) is 24.3 Å². The molecule has 0 saturated heterocycles. The molecule has 0 aliphatic heterocycles. The average molecular weight is 309 g/mol. The van der Waals surface area contributed by atoms with Gasteiger partial charge in [0.1, 0.15) is 0 Å². The molecule has 0 aliphatic rings. The van der Waals surface area contributed by atoms with E-state index in [9.17, 15) is 4.79 Å². The van der Waals surface area contributed by atoms with Gasteiger partial charge in [0, 0.05) is 0 Å². The van der Waals surface area contributed by atoms with Crippen LogP contribution < -0.4 is 0 Å². The molecule has 22 heavy (non-hydrogen) atoms. The van der Waals surface area contributed by atoms with E-state index in [0.29, 0.717) is 12.4 Å². The third-order valence-corrected chi connectivity index (χ3v) is 3.20. The average Bonchev–Trinajstić information content (AvgIpc) is 2.48.